The Labute approximate surface area is 138 Å². The van der Waals surface area contributed by atoms with Gasteiger partial charge in [0.15, 0.2) is 0 Å². The zero-order chi connectivity index (χ0) is 16.1. The number of hydrogen-bond donors (Lipinski definition) is 1. The summed E-state index contributed by atoms with van der Waals surface area (Å²) < 4.78 is 24.5. The second-order valence-electron chi connectivity index (χ2n) is 5.00. The first-order valence-corrected chi connectivity index (χ1v) is 8.27. The van der Waals surface area contributed by atoms with Gasteiger partial charge in [-0.05, 0) is 23.3 Å². The molecule has 1 heterocycles. The molecule has 1 atom stereocenters. The van der Waals surface area contributed by atoms with Gasteiger partial charge in [0.2, 0.25) is 0 Å². The largest absolute Gasteiger partial charge is 0.444 e. The van der Waals surface area contributed by atoms with E-state index >= 15 is 0 Å². The van der Waals surface area contributed by atoms with Crippen LogP contribution >= 0.6 is 11.8 Å². The van der Waals surface area contributed by atoms with Crippen molar-refractivity contribution in [3.63, 3.8) is 0 Å². The van der Waals surface area contributed by atoms with Crippen molar-refractivity contribution < 1.29 is 18.7 Å². The van der Waals surface area contributed by atoms with Crippen LogP contribution in [0.2, 0.25) is 0 Å². The van der Waals surface area contributed by atoms with Gasteiger partial charge in [0.05, 0.1) is 12.3 Å². The fourth-order valence-corrected chi connectivity index (χ4v) is 3.14. The SMILES string of the molecule is O=C(Nc1cc(C2OCCS2)ccc1F)OCc1ccccc1. The second kappa shape index (κ2) is 7.48. The monoisotopic (exact) mass is 333 g/mol. The molecular formula is C17H16FNO3S. The van der Waals surface area contributed by atoms with E-state index in [2.05, 4.69) is 5.32 Å². The predicted octanol–water partition coefficient (Wildman–Crippen LogP) is 4.34. The Morgan fingerprint density at radius 3 is 2.87 bits per heavy atom. The van der Waals surface area contributed by atoms with Crippen LogP contribution in [0.3, 0.4) is 0 Å². The van der Waals surface area contributed by atoms with Crippen molar-refractivity contribution in [2.45, 2.75) is 12.0 Å². The minimum Gasteiger partial charge on any atom is -0.444 e. The summed E-state index contributed by atoms with van der Waals surface area (Å²) in [5.41, 5.74) is 1.67. The number of benzene rings is 2. The molecule has 4 nitrogen and oxygen atoms in total. The molecule has 1 aliphatic rings. The van der Waals surface area contributed by atoms with Gasteiger partial charge in [-0.15, -0.1) is 11.8 Å². The molecule has 1 unspecified atom stereocenters. The molecule has 2 aromatic carbocycles. The number of anilines is 1. The lowest BCUT2D eigenvalue weighted by Crippen LogP contribution is -2.15. The van der Waals surface area contributed by atoms with E-state index in [1.165, 1.54) is 6.07 Å². The van der Waals surface area contributed by atoms with Crippen molar-refractivity contribution >= 4 is 23.5 Å². The van der Waals surface area contributed by atoms with Crippen molar-refractivity contribution in [3.05, 3.63) is 65.5 Å². The summed E-state index contributed by atoms with van der Waals surface area (Å²) in [5, 5.41) is 2.44. The van der Waals surface area contributed by atoms with E-state index in [0.29, 0.717) is 6.61 Å². The maximum atomic E-state index is 13.9. The van der Waals surface area contributed by atoms with Gasteiger partial charge in [0.1, 0.15) is 17.9 Å². The van der Waals surface area contributed by atoms with Gasteiger partial charge in [-0.1, -0.05) is 36.4 Å². The van der Waals surface area contributed by atoms with Crippen LogP contribution in [0, 0.1) is 5.82 Å². The van der Waals surface area contributed by atoms with Gasteiger partial charge < -0.3 is 9.47 Å². The van der Waals surface area contributed by atoms with E-state index in [-0.39, 0.29) is 17.7 Å². The summed E-state index contributed by atoms with van der Waals surface area (Å²) in [4.78, 5) is 11.8. The van der Waals surface area contributed by atoms with E-state index in [1.807, 2.05) is 30.3 Å². The molecule has 120 valence electrons. The lowest BCUT2D eigenvalue weighted by Gasteiger charge is -2.12. The number of carbonyl (C=O) groups is 1. The standard InChI is InChI=1S/C17H16FNO3S/c18-14-7-6-13(16-21-8-9-23-16)10-15(14)19-17(20)22-11-12-4-2-1-3-5-12/h1-7,10,16H,8-9,11H2,(H,19,20). The third kappa shape index (κ3) is 4.24. The van der Waals surface area contributed by atoms with Crippen LogP contribution < -0.4 is 5.32 Å². The predicted molar refractivity (Wildman–Crippen MR) is 87.8 cm³/mol. The molecule has 1 amide bonds. The van der Waals surface area contributed by atoms with Gasteiger partial charge in [-0.2, -0.15) is 0 Å². The third-order valence-corrected chi connectivity index (χ3v) is 4.45. The number of rotatable bonds is 4. The molecule has 0 aliphatic carbocycles. The first-order valence-electron chi connectivity index (χ1n) is 7.23. The van der Waals surface area contributed by atoms with Crippen LogP contribution in [0.1, 0.15) is 16.6 Å². The minimum absolute atomic E-state index is 0.0941. The molecule has 0 bridgehead atoms. The lowest BCUT2D eigenvalue weighted by atomic mass is 10.2. The van der Waals surface area contributed by atoms with Crippen molar-refractivity contribution in [2.75, 3.05) is 17.7 Å². The van der Waals surface area contributed by atoms with E-state index in [4.69, 9.17) is 9.47 Å². The molecule has 2 aromatic rings. The molecule has 23 heavy (non-hydrogen) atoms. The van der Waals surface area contributed by atoms with Gasteiger partial charge >= 0.3 is 6.09 Å². The fraction of sp³-hybridized carbons (Fsp3) is 0.235. The molecule has 1 fully saturated rings. The van der Waals surface area contributed by atoms with Gasteiger partial charge in [0, 0.05) is 5.75 Å². The van der Waals surface area contributed by atoms with Crippen LogP contribution in [0.5, 0.6) is 0 Å². The average Bonchev–Trinajstić information content (AvgIpc) is 3.10. The quantitative estimate of drug-likeness (QED) is 0.904. The van der Waals surface area contributed by atoms with Crippen molar-refractivity contribution in [3.8, 4) is 0 Å². The van der Waals surface area contributed by atoms with Gasteiger partial charge in [0.25, 0.3) is 0 Å². The Kier molecular flexibility index (Phi) is 5.15. The Morgan fingerprint density at radius 2 is 2.13 bits per heavy atom. The Hall–Kier alpha value is -2.05. The zero-order valence-corrected chi connectivity index (χ0v) is 13.1. The number of thioether (sulfide) groups is 1. The highest BCUT2D eigenvalue weighted by Crippen LogP contribution is 2.36. The summed E-state index contributed by atoms with van der Waals surface area (Å²) in [6.07, 6.45) is -0.690. The number of hydrogen-bond acceptors (Lipinski definition) is 4. The molecule has 3 rings (SSSR count). The van der Waals surface area contributed by atoms with E-state index in [9.17, 15) is 9.18 Å². The molecular weight excluding hydrogens is 317 g/mol. The normalized spacial score (nSPS) is 17.0. The van der Waals surface area contributed by atoms with Crippen LogP contribution in [0.15, 0.2) is 48.5 Å². The molecule has 1 N–H and O–H groups in total. The highest BCUT2D eigenvalue weighted by molar-refractivity contribution is 7.99. The van der Waals surface area contributed by atoms with Crippen LogP contribution in [0.25, 0.3) is 0 Å². The number of carbonyl (C=O) groups excluding carboxylic acids is 1. The molecule has 0 radical (unpaired) electrons. The molecule has 0 spiro atoms. The summed E-state index contributed by atoms with van der Waals surface area (Å²) in [6.45, 7) is 0.810. The second-order valence-corrected chi connectivity index (χ2v) is 6.17. The van der Waals surface area contributed by atoms with Gasteiger partial charge in [-0.25, -0.2) is 9.18 Å². The molecule has 1 saturated heterocycles. The Bertz CT molecular complexity index is 675. The van der Waals surface area contributed by atoms with Crippen LogP contribution in [-0.4, -0.2) is 18.5 Å². The van der Waals surface area contributed by atoms with Crippen molar-refractivity contribution in [2.24, 2.45) is 0 Å². The van der Waals surface area contributed by atoms with Crippen LogP contribution in [0.4, 0.5) is 14.9 Å². The maximum absolute atomic E-state index is 13.9. The van der Waals surface area contributed by atoms with Crippen LogP contribution in [-0.2, 0) is 16.1 Å². The van der Waals surface area contributed by atoms with Gasteiger partial charge in [-0.3, -0.25) is 5.32 Å². The third-order valence-electron chi connectivity index (χ3n) is 3.33. The van der Waals surface area contributed by atoms with Crippen molar-refractivity contribution in [1.29, 1.82) is 0 Å². The van der Waals surface area contributed by atoms with E-state index < -0.39 is 11.9 Å². The number of amides is 1. The first kappa shape index (κ1) is 15.8. The Morgan fingerprint density at radius 1 is 1.30 bits per heavy atom. The van der Waals surface area contributed by atoms with Crippen molar-refractivity contribution in [1.82, 2.24) is 0 Å². The topological polar surface area (TPSA) is 47.6 Å². The molecule has 0 aromatic heterocycles. The Balaban J connectivity index is 1.62. The number of halogens is 1. The molecule has 6 heteroatoms. The number of ether oxygens (including phenoxy) is 2. The summed E-state index contributed by atoms with van der Waals surface area (Å²) in [7, 11) is 0. The zero-order valence-electron chi connectivity index (χ0n) is 12.3. The maximum Gasteiger partial charge on any atom is 0.412 e. The molecule has 1 aliphatic heterocycles. The minimum atomic E-state index is -0.690. The number of nitrogens with one attached hydrogen (secondary N) is 1. The first-order chi connectivity index (χ1) is 11.2. The van der Waals surface area contributed by atoms with E-state index in [0.717, 1.165) is 16.9 Å². The molecule has 0 saturated carbocycles. The smallest absolute Gasteiger partial charge is 0.412 e. The fourth-order valence-electron chi connectivity index (χ4n) is 2.21. The summed E-state index contributed by atoms with van der Waals surface area (Å²) in [6, 6.07) is 13.9. The van der Waals surface area contributed by atoms with E-state index in [1.54, 1.807) is 23.9 Å². The summed E-state index contributed by atoms with van der Waals surface area (Å²) >= 11 is 1.65. The highest BCUT2D eigenvalue weighted by atomic mass is 32.2. The lowest BCUT2D eigenvalue weighted by molar-refractivity contribution is 0.145. The summed E-state index contributed by atoms with van der Waals surface area (Å²) in [5.74, 6) is 0.401. The average molecular weight is 333 g/mol. The highest BCUT2D eigenvalue weighted by Gasteiger charge is 2.20.